The first-order chi connectivity index (χ1) is 8.04. The molecule has 0 saturated carbocycles. The van der Waals surface area contributed by atoms with Crippen molar-refractivity contribution >= 4 is 27.5 Å². The Morgan fingerprint density at radius 2 is 2.06 bits per heavy atom. The van der Waals surface area contributed by atoms with Crippen molar-refractivity contribution in [1.82, 2.24) is 9.97 Å². The Morgan fingerprint density at radius 3 is 2.71 bits per heavy atom. The van der Waals surface area contributed by atoms with E-state index < -0.39 is 0 Å². The summed E-state index contributed by atoms with van der Waals surface area (Å²) in [4.78, 5) is 7.82. The summed E-state index contributed by atoms with van der Waals surface area (Å²) in [7, 11) is 0. The van der Waals surface area contributed by atoms with Crippen molar-refractivity contribution in [3.05, 3.63) is 45.5 Å². The highest BCUT2D eigenvalue weighted by atomic mass is 79.9. The van der Waals surface area contributed by atoms with E-state index >= 15 is 0 Å². The summed E-state index contributed by atoms with van der Waals surface area (Å²) in [5.41, 5.74) is 0.696. The molecule has 0 saturated heterocycles. The summed E-state index contributed by atoms with van der Waals surface area (Å²) in [5, 5.41) is 0.112. The van der Waals surface area contributed by atoms with Crippen LogP contribution >= 0.6 is 27.5 Å². The smallest absolute Gasteiger partial charge is 0.225 e. The van der Waals surface area contributed by atoms with Crippen LogP contribution in [-0.4, -0.2) is 9.97 Å². The monoisotopic (exact) mass is 316 g/mol. The second-order valence-electron chi connectivity index (χ2n) is 3.29. The van der Waals surface area contributed by atoms with Crippen LogP contribution in [0.3, 0.4) is 0 Å². The molecule has 1 heterocycles. The lowest BCUT2D eigenvalue weighted by molar-refractivity contribution is 0.458. The number of hydrogen-bond acceptors (Lipinski definition) is 3. The lowest BCUT2D eigenvalue weighted by Crippen LogP contribution is -1.92. The Hall–Kier alpha value is -1.20. The van der Waals surface area contributed by atoms with Crippen LogP contribution < -0.4 is 4.74 Å². The number of aromatic nitrogens is 2. The molecule has 0 aliphatic rings. The average Bonchev–Trinajstić information content (AvgIpc) is 2.22. The highest BCUT2D eigenvalue weighted by Gasteiger charge is 2.05. The van der Waals surface area contributed by atoms with Gasteiger partial charge in [-0.2, -0.15) is 4.98 Å². The van der Waals surface area contributed by atoms with Crippen LogP contribution in [-0.2, 0) is 0 Å². The third-order valence-corrected chi connectivity index (χ3v) is 2.69. The molecule has 0 atom stereocenters. The summed E-state index contributed by atoms with van der Waals surface area (Å²) in [6.45, 7) is 1.78. The van der Waals surface area contributed by atoms with E-state index in [1.165, 1.54) is 18.2 Å². The zero-order chi connectivity index (χ0) is 12.4. The number of aryl methyl sites for hydroxylation is 1. The van der Waals surface area contributed by atoms with Crippen molar-refractivity contribution in [3.63, 3.8) is 0 Å². The lowest BCUT2D eigenvalue weighted by atomic mass is 10.3. The molecule has 0 aliphatic heterocycles. The highest BCUT2D eigenvalue weighted by Crippen LogP contribution is 2.26. The van der Waals surface area contributed by atoms with E-state index in [0.29, 0.717) is 21.8 Å². The van der Waals surface area contributed by atoms with Crippen LogP contribution in [0.2, 0.25) is 5.28 Å². The number of rotatable bonds is 2. The molecule has 0 radical (unpaired) electrons. The molecular weight excluding hydrogens is 310 g/mol. The van der Waals surface area contributed by atoms with Gasteiger partial charge in [-0.15, -0.1) is 0 Å². The van der Waals surface area contributed by atoms with Crippen LogP contribution in [0.25, 0.3) is 0 Å². The van der Waals surface area contributed by atoms with Crippen molar-refractivity contribution in [2.45, 2.75) is 6.92 Å². The van der Waals surface area contributed by atoms with E-state index in [2.05, 4.69) is 25.9 Å². The maximum Gasteiger partial charge on any atom is 0.225 e. The minimum absolute atomic E-state index is 0.112. The van der Waals surface area contributed by atoms with Crippen LogP contribution in [0.5, 0.6) is 11.6 Å². The number of halogens is 3. The second-order valence-corrected chi connectivity index (χ2v) is 4.49. The fraction of sp³-hybridized carbons (Fsp3) is 0.0909. The van der Waals surface area contributed by atoms with Gasteiger partial charge in [-0.1, -0.05) is 0 Å². The molecule has 0 unspecified atom stereocenters. The van der Waals surface area contributed by atoms with Crippen molar-refractivity contribution in [2.75, 3.05) is 0 Å². The maximum absolute atomic E-state index is 13.0. The fourth-order valence-corrected chi connectivity index (χ4v) is 1.79. The molecule has 0 spiro atoms. The minimum atomic E-state index is -0.353. The van der Waals surface area contributed by atoms with Crippen molar-refractivity contribution < 1.29 is 9.13 Å². The highest BCUT2D eigenvalue weighted by molar-refractivity contribution is 9.10. The molecule has 0 fully saturated rings. The van der Waals surface area contributed by atoms with E-state index in [4.69, 9.17) is 16.3 Å². The van der Waals surface area contributed by atoms with Gasteiger partial charge in [-0.25, -0.2) is 9.37 Å². The largest absolute Gasteiger partial charge is 0.439 e. The molecule has 3 nitrogen and oxygen atoms in total. The SMILES string of the molecule is Cc1cc(Oc2ccc(F)c(Br)c2)nc(Cl)n1. The molecule has 0 N–H and O–H groups in total. The van der Waals surface area contributed by atoms with Gasteiger partial charge in [0.25, 0.3) is 0 Å². The minimum Gasteiger partial charge on any atom is -0.439 e. The first kappa shape index (κ1) is 12.3. The Morgan fingerprint density at radius 1 is 1.29 bits per heavy atom. The van der Waals surface area contributed by atoms with Crippen LogP contribution in [0.15, 0.2) is 28.7 Å². The van der Waals surface area contributed by atoms with Crippen LogP contribution in [0, 0.1) is 12.7 Å². The van der Waals surface area contributed by atoms with E-state index in [-0.39, 0.29) is 11.1 Å². The van der Waals surface area contributed by atoms with Gasteiger partial charge in [0.05, 0.1) is 4.47 Å². The van der Waals surface area contributed by atoms with E-state index in [1.807, 2.05) is 0 Å². The van der Waals surface area contributed by atoms with E-state index in [1.54, 1.807) is 13.0 Å². The molecular formula is C11H7BrClFN2O. The normalized spacial score (nSPS) is 10.4. The zero-order valence-corrected chi connectivity index (χ0v) is 11.1. The predicted molar refractivity (Wildman–Crippen MR) is 66.0 cm³/mol. The number of benzene rings is 1. The third kappa shape index (κ3) is 3.14. The van der Waals surface area contributed by atoms with Gasteiger partial charge >= 0.3 is 0 Å². The van der Waals surface area contributed by atoms with Gasteiger partial charge in [0.15, 0.2) is 0 Å². The zero-order valence-electron chi connectivity index (χ0n) is 8.75. The van der Waals surface area contributed by atoms with Crippen LogP contribution in [0.4, 0.5) is 4.39 Å². The summed E-state index contributed by atoms with van der Waals surface area (Å²) in [5.74, 6) is 0.433. The number of hydrogen-bond donors (Lipinski definition) is 0. The number of nitrogens with zero attached hydrogens (tertiary/aromatic N) is 2. The predicted octanol–water partition coefficient (Wildman–Crippen LogP) is 4.13. The molecule has 17 heavy (non-hydrogen) atoms. The van der Waals surface area contributed by atoms with Crippen molar-refractivity contribution in [2.24, 2.45) is 0 Å². The van der Waals surface area contributed by atoms with Gasteiger partial charge in [-0.3, -0.25) is 0 Å². The Balaban J connectivity index is 2.28. The molecule has 0 amide bonds. The average molecular weight is 318 g/mol. The summed E-state index contributed by atoms with van der Waals surface area (Å²) >= 11 is 8.78. The molecule has 1 aromatic carbocycles. The van der Waals surface area contributed by atoms with E-state index in [9.17, 15) is 4.39 Å². The van der Waals surface area contributed by atoms with Crippen LogP contribution in [0.1, 0.15) is 5.69 Å². The Labute approximate surface area is 111 Å². The lowest BCUT2D eigenvalue weighted by Gasteiger charge is -2.06. The summed E-state index contributed by atoms with van der Waals surface area (Å²) < 4.78 is 18.8. The second kappa shape index (κ2) is 4.98. The van der Waals surface area contributed by atoms with Gasteiger partial charge < -0.3 is 4.74 Å². The standard InChI is InChI=1S/C11H7BrClFN2O/c1-6-4-10(16-11(13)15-6)17-7-2-3-9(14)8(12)5-7/h2-5H,1H3. The third-order valence-electron chi connectivity index (χ3n) is 1.92. The molecule has 2 rings (SSSR count). The summed E-state index contributed by atoms with van der Waals surface area (Å²) in [6.07, 6.45) is 0. The van der Waals surface area contributed by atoms with Gasteiger partial charge in [0.2, 0.25) is 11.2 Å². The Kier molecular flexibility index (Phi) is 3.59. The molecule has 1 aromatic heterocycles. The van der Waals surface area contributed by atoms with Gasteiger partial charge in [-0.05, 0) is 52.7 Å². The molecule has 0 bridgehead atoms. The summed E-state index contributed by atoms with van der Waals surface area (Å²) in [6, 6.07) is 5.96. The fourth-order valence-electron chi connectivity index (χ4n) is 1.22. The molecule has 6 heteroatoms. The maximum atomic E-state index is 13.0. The van der Waals surface area contributed by atoms with Gasteiger partial charge in [0.1, 0.15) is 11.6 Å². The van der Waals surface area contributed by atoms with Crippen molar-refractivity contribution in [1.29, 1.82) is 0 Å². The Bertz CT molecular complexity index is 545. The number of ether oxygens (including phenoxy) is 1. The van der Waals surface area contributed by atoms with Gasteiger partial charge in [0, 0.05) is 11.8 Å². The first-order valence-electron chi connectivity index (χ1n) is 4.69. The first-order valence-corrected chi connectivity index (χ1v) is 5.86. The molecule has 88 valence electrons. The van der Waals surface area contributed by atoms with Crippen molar-refractivity contribution in [3.8, 4) is 11.6 Å². The quantitative estimate of drug-likeness (QED) is 0.781. The molecule has 2 aromatic rings. The van der Waals surface area contributed by atoms with E-state index in [0.717, 1.165) is 0 Å². The molecule has 0 aliphatic carbocycles. The topological polar surface area (TPSA) is 35.0 Å².